The minimum absolute atomic E-state index is 0.0777. The van der Waals surface area contributed by atoms with E-state index in [-0.39, 0.29) is 11.9 Å². The standard InChI is InChI=1S/C17H35N5OS/c1-18-17(19-10-5-6-14-24-4)20-11-8-13-22-12-7-9-15(22)16(23)21(2)3/h15H,5-14H2,1-4H3,(H2,18,19,20). The van der Waals surface area contributed by atoms with Crippen LogP contribution in [0.15, 0.2) is 4.99 Å². The van der Waals surface area contributed by atoms with Crippen LogP contribution in [-0.4, -0.2) is 87.0 Å². The Balaban J connectivity index is 2.18. The number of unbranched alkanes of at least 4 members (excludes halogenated alkanes) is 1. The Kier molecular flexibility index (Phi) is 10.9. The summed E-state index contributed by atoms with van der Waals surface area (Å²) < 4.78 is 0. The molecule has 1 saturated heterocycles. The highest BCUT2D eigenvalue weighted by atomic mass is 32.2. The highest BCUT2D eigenvalue weighted by Crippen LogP contribution is 2.18. The fourth-order valence-corrected chi connectivity index (χ4v) is 3.45. The Bertz CT molecular complexity index is 389. The lowest BCUT2D eigenvalue weighted by molar-refractivity contribution is -0.133. The van der Waals surface area contributed by atoms with E-state index in [1.807, 2.05) is 32.9 Å². The van der Waals surface area contributed by atoms with Crippen LogP contribution < -0.4 is 10.6 Å². The zero-order chi connectivity index (χ0) is 17.8. The van der Waals surface area contributed by atoms with Crippen molar-refractivity contribution in [1.29, 1.82) is 0 Å². The molecule has 0 aromatic heterocycles. The molecule has 2 N–H and O–H groups in total. The summed E-state index contributed by atoms with van der Waals surface area (Å²) in [7, 11) is 5.49. The first-order valence-corrected chi connectivity index (χ1v) is 10.4. The van der Waals surface area contributed by atoms with Crippen LogP contribution in [0, 0.1) is 0 Å². The van der Waals surface area contributed by atoms with Gasteiger partial charge in [-0.25, -0.2) is 0 Å². The third kappa shape index (κ3) is 7.75. The molecule has 1 amide bonds. The van der Waals surface area contributed by atoms with Gasteiger partial charge in [-0.3, -0.25) is 14.7 Å². The zero-order valence-electron chi connectivity index (χ0n) is 15.8. The molecule has 0 aromatic rings. The van der Waals surface area contributed by atoms with Gasteiger partial charge in [0, 0.05) is 40.8 Å². The number of guanidine groups is 1. The average Bonchev–Trinajstić information content (AvgIpc) is 3.04. The second-order valence-electron chi connectivity index (χ2n) is 6.41. The second kappa shape index (κ2) is 12.4. The monoisotopic (exact) mass is 357 g/mol. The first-order chi connectivity index (χ1) is 11.6. The van der Waals surface area contributed by atoms with E-state index in [0.29, 0.717) is 0 Å². The third-order valence-electron chi connectivity index (χ3n) is 4.30. The third-order valence-corrected chi connectivity index (χ3v) is 4.99. The number of amides is 1. The highest BCUT2D eigenvalue weighted by Gasteiger charge is 2.30. The fraction of sp³-hybridized carbons (Fsp3) is 0.882. The zero-order valence-corrected chi connectivity index (χ0v) is 16.6. The highest BCUT2D eigenvalue weighted by molar-refractivity contribution is 7.98. The molecule has 1 aliphatic heterocycles. The molecule has 1 aliphatic rings. The lowest BCUT2D eigenvalue weighted by Gasteiger charge is -2.26. The molecule has 0 aromatic carbocycles. The van der Waals surface area contributed by atoms with Gasteiger partial charge in [-0.15, -0.1) is 0 Å². The van der Waals surface area contributed by atoms with Crippen LogP contribution in [0.1, 0.15) is 32.1 Å². The molecule has 6 nitrogen and oxygen atoms in total. The van der Waals surface area contributed by atoms with Crippen LogP contribution in [0.3, 0.4) is 0 Å². The van der Waals surface area contributed by atoms with Crippen molar-refractivity contribution in [2.75, 3.05) is 59.3 Å². The molecule has 1 heterocycles. The van der Waals surface area contributed by atoms with Gasteiger partial charge in [0.2, 0.25) is 5.91 Å². The summed E-state index contributed by atoms with van der Waals surface area (Å²) in [6.07, 6.45) is 7.68. The first kappa shape index (κ1) is 21.1. The molecule has 1 rings (SSSR count). The molecule has 0 spiro atoms. The number of carbonyl (C=O) groups excluding carboxylic acids is 1. The van der Waals surface area contributed by atoms with E-state index in [1.54, 1.807) is 4.90 Å². The maximum absolute atomic E-state index is 12.2. The minimum atomic E-state index is 0.0777. The van der Waals surface area contributed by atoms with E-state index in [1.165, 1.54) is 18.6 Å². The second-order valence-corrected chi connectivity index (χ2v) is 7.39. The maximum Gasteiger partial charge on any atom is 0.239 e. The lowest BCUT2D eigenvalue weighted by Crippen LogP contribution is -2.44. The Morgan fingerprint density at radius 2 is 1.96 bits per heavy atom. The number of nitrogens with one attached hydrogen (secondary N) is 2. The molecule has 1 fully saturated rings. The summed E-state index contributed by atoms with van der Waals surface area (Å²) in [6.45, 7) is 3.84. The molecule has 0 aliphatic carbocycles. The Morgan fingerprint density at radius 1 is 1.25 bits per heavy atom. The summed E-state index contributed by atoms with van der Waals surface area (Å²) in [5.74, 6) is 2.33. The number of hydrogen-bond donors (Lipinski definition) is 2. The van der Waals surface area contributed by atoms with E-state index in [0.717, 1.165) is 51.4 Å². The van der Waals surface area contributed by atoms with E-state index < -0.39 is 0 Å². The van der Waals surface area contributed by atoms with Gasteiger partial charge in [0.25, 0.3) is 0 Å². The van der Waals surface area contributed by atoms with Crippen molar-refractivity contribution >= 4 is 23.6 Å². The number of aliphatic imine (C=N–C) groups is 1. The van der Waals surface area contributed by atoms with Crippen molar-refractivity contribution in [3.05, 3.63) is 0 Å². The van der Waals surface area contributed by atoms with Gasteiger partial charge in [0.05, 0.1) is 6.04 Å². The smallest absolute Gasteiger partial charge is 0.239 e. The van der Waals surface area contributed by atoms with Crippen LogP contribution in [0.4, 0.5) is 0 Å². The topological polar surface area (TPSA) is 60.0 Å². The quantitative estimate of drug-likeness (QED) is 0.350. The van der Waals surface area contributed by atoms with Crippen molar-refractivity contribution < 1.29 is 4.79 Å². The normalized spacial score (nSPS) is 18.7. The molecule has 1 unspecified atom stereocenters. The largest absolute Gasteiger partial charge is 0.356 e. The Labute approximate surface area is 151 Å². The first-order valence-electron chi connectivity index (χ1n) is 8.98. The Morgan fingerprint density at radius 3 is 2.58 bits per heavy atom. The van der Waals surface area contributed by atoms with Gasteiger partial charge in [0.15, 0.2) is 5.96 Å². The Hall–Kier alpha value is -0.950. The van der Waals surface area contributed by atoms with Crippen LogP contribution in [0.2, 0.25) is 0 Å². The van der Waals surface area contributed by atoms with E-state index in [2.05, 4.69) is 26.8 Å². The molecule has 1 atom stereocenters. The number of carbonyl (C=O) groups is 1. The molecular weight excluding hydrogens is 322 g/mol. The summed E-state index contributed by atoms with van der Waals surface area (Å²) in [6, 6.07) is 0.0777. The van der Waals surface area contributed by atoms with Gasteiger partial charge < -0.3 is 15.5 Å². The van der Waals surface area contributed by atoms with Crippen molar-refractivity contribution in [1.82, 2.24) is 20.4 Å². The minimum Gasteiger partial charge on any atom is -0.356 e. The van der Waals surface area contributed by atoms with Crippen LogP contribution in [-0.2, 0) is 4.79 Å². The number of hydrogen-bond acceptors (Lipinski definition) is 4. The van der Waals surface area contributed by atoms with Crippen LogP contribution in [0.25, 0.3) is 0 Å². The number of nitrogens with zero attached hydrogens (tertiary/aromatic N) is 3. The van der Waals surface area contributed by atoms with E-state index >= 15 is 0 Å². The molecule has 7 heteroatoms. The lowest BCUT2D eigenvalue weighted by atomic mass is 10.2. The predicted molar refractivity (Wildman–Crippen MR) is 105 cm³/mol. The number of likely N-dealkylation sites (N-methyl/N-ethyl adjacent to an activating group) is 1. The van der Waals surface area contributed by atoms with Gasteiger partial charge in [-0.2, -0.15) is 11.8 Å². The summed E-state index contributed by atoms with van der Waals surface area (Å²) in [5.41, 5.74) is 0. The van der Waals surface area contributed by atoms with Gasteiger partial charge in [0.1, 0.15) is 0 Å². The SMILES string of the molecule is CN=C(NCCCCSC)NCCCN1CCCC1C(=O)N(C)C. The summed E-state index contributed by atoms with van der Waals surface area (Å²) in [4.78, 5) is 20.5. The molecule has 0 saturated carbocycles. The average molecular weight is 358 g/mol. The molecule has 0 bridgehead atoms. The number of rotatable bonds is 10. The number of likely N-dealkylation sites (tertiary alicyclic amines) is 1. The fourth-order valence-electron chi connectivity index (χ4n) is 2.96. The van der Waals surface area contributed by atoms with Gasteiger partial charge >= 0.3 is 0 Å². The van der Waals surface area contributed by atoms with Crippen molar-refractivity contribution in [3.8, 4) is 0 Å². The van der Waals surface area contributed by atoms with Crippen molar-refractivity contribution in [3.63, 3.8) is 0 Å². The molecule has 0 radical (unpaired) electrons. The van der Waals surface area contributed by atoms with Gasteiger partial charge in [-0.05, 0) is 50.7 Å². The van der Waals surface area contributed by atoms with Crippen LogP contribution in [0.5, 0.6) is 0 Å². The van der Waals surface area contributed by atoms with Gasteiger partial charge in [-0.1, -0.05) is 0 Å². The van der Waals surface area contributed by atoms with E-state index in [9.17, 15) is 4.79 Å². The summed E-state index contributed by atoms with van der Waals surface area (Å²) in [5, 5.41) is 6.72. The summed E-state index contributed by atoms with van der Waals surface area (Å²) >= 11 is 1.89. The molecule has 24 heavy (non-hydrogen) atoms. The predicted octanol–water partition coefficient (Wildman–Crippen LogP) is 1.24. The molecule has 140 valence electrons. The maximum atomic E-state index is 12.2. The van der Waals surface area contributed by atoms with Crippen molar-refractivity contribution in [2.45, 2.75) is 38.1 Å². The van der Waals surface area contributed by atoms with Crippen LogP contribution >= 0.6 is 11.8 Å². The molecular formula is C17H35N5OS. The van der Waals surface area contributed by atoms with Crippen molar-refractivity contribution in [2.24, 2.45) is 4.99 Å². The van der Waals surface area contributed by atoms with E-state index in [4.69, 9.17) is 0 Å². The number of thioether (sulfide) groups is 1.